The van der Waals surface area contributed by atoms with Crippen molar-refractivity contribution < 1.29 is 4.79 Å². The first-order valence-corrected chi connectivity index (χ1v) is 9.80. The maximum Gasteiger partial charge on any atom is 0.216 e. The summed E-state index contributed by atoms with van der Waals surface area (Å²) in [4.78, 5) is 15.9. The fourth-order valence-corrected chi connectivity index (χ4v) is 4.18. The van der Waals surface area contributed by atoms with Gasteiger partial charge in [0.15, 0.2) is 0 Å². The number of hydrogen-bond donors (Lipinski definition) is 1. The largest absolute Gasteiger partial charge is 0.368 e. The first-order chi connectivity index (χ1) is 11.7. The summed E-state index contributed by atoms with van der Waals surface area (Å²) in [6.07, 6.45) is 3.49. The minimum absolute atomic E-state index is 0.0757. The molecule has 0 spiro atoms. The number of anilines is 1. The van der Waals surface area contributed by atoms with Crippen molar-refractivity contribution >= 4 is 33.0 Å². The number of nitrogens with one attached hydrogen (secondary N) is 1. The molecule has 4 nitrogen and oxygen atoms in total. The van der Waals surface area contributed by atoms with Crippen LogP contribution >= 0.6 is 11.3 Å². The molecular formula is C19H27N3OS. The monoisotopic (exact) mass is 345 g/mol. The molecule has 0 saturated carbocycles. The van der Waals surface area contributed by atoms with Gasteiger partial charge in [0.1, 0.15) is 0 Å². The van der Waals surface area contributed by atoms with Gasteiger partial charge in [-0.15, -0.1) is 11.3 Å². The van der Waals surface area contributed by atoms with Gasteiger partial charge in [0.2, 0.25) is 5.91 Å². The highest BCUT2D eigenvalue weighted by atomic mass is 32.1. The fraction of sp³-hybridized carbons (Fsp3) is 0.526. The molecule has 24 heavy (non-hydrogen) atoms. The van der Waals surface area contributed by atoms with Crippen molar-refractivity contribution in [3.05, 3.63) is 29.6 Å². The standard InChI is InChI=1S/C19H27N3OS/c1-16(23)20-9-3-2-4-10-21-11-13-22(14-12-21)18-6-5-7-19-17(18)8-15-24-19/h5-8,15H,2-4,9-14H2,1H3,(H,20,23). The molecule has 0 radical (unpaired) electrons. The molecule has 2 heterocycles. The van der Waals surface area contributed by atoms with E-state index in [2.05, 4.69) is 44.8 Å². The number of unbranched alkanes of at least 4 members (excludes halogenated alkanes) is 2. The Kier molecular flexibility index (Phi) is 6.10. The van der Waals surface area contributed by atoms with E-state index < -0.39 is 0 Å². The highest BCUT2D eigenvalue weighted by Gasteiger charge is 2.18. The summed E-state index contributed by atoms with van der Waals surface area (Å²) >= 11 is 1.82. The van der Waals surface area contributed by atoms with Gasteiger partial charge in [0.25, 0.3) is 0 Å². The number of benzene rings is 1. The van der Waals surface area contributed by atoms with E-state index in [4.69, 9.17) is 0 Å². The summed E-state index contributed by atoms with van der Waals surface area (Å²) in [5, 5.41) is 6.44. The zero-order valence-corrected chi connectivity index (χ0v) is 15.3. The van der Waals surface area contributed by atoms with Crippen LogP contribution in [-0.2, 0) is 4.79 Å². The van der Waals surface area contributed by atoms with E-state index in [1.807, 2.05) is 11.3 Å². The van der Waals surface area contributed by atoms with Crippen LogP contribution in [0, 0.1) is 0 Å². The quantitative estimate of drug-likeness (QED) is 0.782. The van der Waals surface area contributed by atoms with E-state index in [0.717, 1.165) is 39.1 Å². The van der Waals surface area contributed by atoms with Crippen LogP contribution in [0.2, 0.25) is 0 Å². The highest BCUT2D eigenvalue weighted by molar-refractivity contribution is 7.17. The number of nitrogens with zero attached hydrogens (tertiary/aromatic N) is 2. The molecule has 130 valence electrons. The maximum absolute atomic E-state index is 10.8. The Morgan fingerprint density at radius 1 is 1.12 bits per heavy atom. The average molecular weight is 346 g/mol. The second-order valence-corrected chi connectivity index (χ2v) is 7.43. The summed E-state index contributed by atoms with van der Waals surface area (Å²) in [5.74, 6) is 0.0757. The molecule has 1 fully saturated rings. The molecular weight excluding hydrogens is 318 g/mol. The molecule has 1 aliphatic heterocycles. The van der Waals surface area contributed by atoms with Crippen LogP contribution in [0.1, 0.15) is 26.2 Å². The van der Waals surface area contributed by atoms with Crippen molar-refractivity contribution in [3.8, 4) is 0 Å². The Bertz CT molecular complexity index is 661. The van der Waals surface area contributed by atoms with Crippen LogP contribution in [0.5, 0.6) is 0 Å². The molecule has 0 bridgehead atoms. The molecule has 5 heteroatoms. The zero-order chi connectivity index (χ0) is 16.8. The smallest absolute Gasteiger partial charge is 0.216 e. The molecule has 0 atom stereocenters. The molecule has 1 amide bonds. The van der Waals surface area contributed by atoms with Gasteiger partial charge < -0.3 is 10.2 Å². The summed E-state index contributed by atoms with van der Waals surface area (Å²) < 4.78 is 1.38. The van der Waals surface area contributed by atoms with Gasteiger partial charge in [-0.1, -0.05) is 12.5 Å². The lowest BCUT2D eigenvalue weighted by molar-refractivity contribution is -0.118. The Labute approximate surface area is 148 Å². The highest BCUT2D eigenvalue weighted by Crippen LogP contribution is 2.31. The van der Waals surface area contributed by atoms with Crippen LogP contribution in [0.25, 0.3) is 10.1 Å². The molecule has 0 aliphatic carbocycles. The number of fused-ring (bicyclic) bond motifs is 1. The molecule has 1 N–H and O–H groups in total. The minimum Gasteiger partial charge on any atom is -0.368 e. The van der Waals surface area contributed by atoms with Gasteiger partial charge in [0, 0.05) is 55.4 Å². The lowest BCUT2D eigenvalue weighted by Gasteiger charge is -2.36. The SMILES string of the molecule is CC(=O)NCCCCCN1CCN(c2cccc3sccc23)CC1. The first kappa shape index (κ1) is 17.2. The molecule has 1 saturated heterocycles. The third-order valence-corrected chi connectivity index (χ3v) is 5.59. The maximum atomic E-state index is 10.8. The Balaban J connectivity index is 1.40. The normalized spacial score (nSPS) is 15.8. The zero-order valence-electron chi connectivity index (χ0n) is 14.5. The fourth-order valence-electron chi connectivity index (χ4n) is 3.37. The van der Waals surface area contributed by atoms with Crippen molar-refractivity contribution in [1.29, 1.82) is 0 Å². The molecule has 2 aromatic rings. The molecule has 3 rings (SSSR count). The molecule has 0 unspecified atom stereocenters. The van der Waals surface area contributed by atoms with E-state index in [9.17, 15) is 4.79 Å². The van der Waals surface area contributed by atoms with Gasteiger partial charge >= 0.3 is 0 Å². The van der Waals surface area contributed by atoms with Crippen LogP contribution in [-0.4, -0.2) is 50.1 Å². The van der Waals surface area contributed by atoms with Gasteiger partial charge in [-0.25, -0.2) is 0 Å². The van der Waals surface area contributed by atoms with Crippen molar-refractivity contribution in [3.63, 3.8) is 0 Å². The number of amides is 1. The van der Waals surface area contributed by atoms with Crippen LogP contribution in [0.4, 0.5) is 5.69 Å². The Hall–Kier alpha value is -1.59. The van der Waals surface area contributed by atoms with E-state index in [1.165, 1.54) is 35.2 Å². The minimum atomic E-state index is 0.0757. The third kappa shape index (κ3) is 4.48. The number of thiophene rings is 1. The summed E-state index contributed by atoms with van der Waals surface area (Å²) in [7, 11) is 0. The first-order valence-electron chi connectivity index (χ1n) is 8.92. The van der Waals surface area contributed by atoms with Gasteiger partial charge in [0.05, 0.1) is 0 Å². The van der Waals surface area contributed by atoms with E-state index in [1.54, 1.807) is 6.92 Å². The van der Waals surface area contributed by atoms with Gasteiger partial charge in [-0.2, -0.15) is 0 Å². The lowest BCUT2D eigenvalue weighted by Crippen LogP contribution is -2.46. The molecule has 1 aromatic carbocycles. The summed E-state index contributed by atoms with van der Waals surface area (Å²) in [5.41, 5.74) is 1.39. The number of hydrogen-bond acceptors (Lipinski definition) is 4. The number of carbonyl (C=O) groups is 1. The Morgan fingerprint density at radius 2 is 1.96 bits per heavy atom. The van der Waals surface area contributed by atoms with Crippen molar-refractivity contribution in [2.45, 2.75) is 26.2 Å². The topological polar surface area (TPSA) is 35.6 Å². The molecule has 1 aliphatic rings. The van der Waals surface area contributed by atoms with Crippen LogP contribution in [0.15, 0.2) is 29.6 Å². The number of piperazine rings is 1. The molecule has 1 aromatic heterocycles. The average Bonchev–Trinajstić information content (AvgIpc) is 3.07. The predicted molar refractivity (Wildman–Crippen MR) is 103 cm³/mol. The second-order valence-electron chi connectivity index (χ2n) is 6.48. The van der Waals surface area contributed by atoms with Gasteiger partial charge in [-0.05, 0) is 43.0 Å². The lowest BCUT2D eigenvalue weighted by atomic mass is 10.1. The van der Waals surface area contributed by atoms with Crippen molar-refractivity contribution in [1.82, 2.24) is 10.2 Å². The van der Waals surface area contributed by atoms with Crippen LogP contribution in [0.3, 0.4) is 0 Å². The Morgan fingerprint density at radius 3 is 2.75 bits per heavy atom. The number of rotatable bonds is 7. The second kappa shape index (κ2) is 8.49. The van der Waals surface area contributed by atoms with E-state index in [0.29, 0.717) is 0 Å². The predicted octanol–water partition coefficient (Wildman–Crippen LogP) is 3.33. The van der Waals surface area contributed by atoms with Crippen LogP contribution < -0.4 is 10.2 Å². The number of carbonyl (C=O) groups excluding carboxylic acids is 1. The van der Waals surface area contributed by atoms with E-state index in [-0.39, 0.29) is 5.91 Å². The summed E-state index contributed by atoms with van der Waals surface area (Å²) in [6, 6.07) is 8.89. The third-order valence-electron chi connectivity index (χ3n) is 4.71. The van der Waals surface area contributed by atoms with Crippen molar-refractivity contribution in [2.24, 2.45) is 0 Å². The van der Waals surface area contributed by atoms with E-state index >= 15 is 0 Å². The van der Waals surface area contributed by atoms with Crippen molar-refractivity contribution in [2.75, 3.05) is 44.2 Å². The van der Waals surface area contributed by atoms with Gasteiger partial charge in [-0.3, -0.25) is 9.69 Å². The summed E-state index contributed by atoms with van der Waals surface area (Å²) in [6.45, 7) is 8.08.